The van der Waals surface area contributed by atoms with E-state index >= 15 is 0 Å². The molecule has 168 valence electrons. The highest BCUT2D eigenvalue weighted by molar-refractivity contribution is 5.87. The van der Waals surface area contributed by atoms with Gasteiger partial charge in [0.15, 0.2) is 6.61 Å². The van der Waals surface area contributed by atoms with Gasteiger partial charge in [0.1, 0.15) is 17.6 Å². The van der Waals surface area contributed by atoms with Crippen molar-refractivity contribution in [2.75, 3.05) is 6.61 Å². The average molecular weight is 446 g/mol. The molecule has 0 saturated heterocycles. The summed E-state index contributed by atoms with van der Waals surface area (Å²) in [7, 11) is 0. The minimum absolute atomic E-state index is 0.118. The Kier molecular flexibility index (Phi) is 5.29. The minimum atomic E-state index is -1.13. The van der Waals surface area contributed by atoms with Crippen molar-refractivity contribution in [2.24, 2.45) is 0 Å². The van der Waals surface area contributed by atoms with Crippen LogP contribution in [0.3, 0.4) is 0 Å². The molecule has 5 rings (SSSR count). The van der Waals surface area contributed by atoms with E-state index in [9.17, 15) is 19.5 Å². The molecule has 3 heterocycles. The number of nitrogens with zero attached hydrogens (tertiary/aromatic N) is 2. The van der Waals surface area contributed by atoms with Gasteiger partial charge >= 0.3 is 5.97 Å². The van der Waals surface area contributed by atoms with Gasteiger partial charge in [-0.3, -0.25) is 14.2 Å². The van der Waals surface area contributed by atoms with E-state index < -0.39 is 17.9 Å². The van der Waals surface area contributed by atoms with Crippen molar-refractivity contribution in [1.29, 1.82) is 0 Å². The molecule has 0 aliphatic carbocycles. The molecule has 1 aliphatic heterocycles. The summed E-state index contributed by atoms with van der Waals surface area (Å²) in [4.78, 5) is 44.5. The summed E-state index contributed by atoms with van der Waals surface area (Å²) in [5.41, 5.74) is 2.18. The summed E-state index contributed by atoms with van der Waals surface area (Å²) in [6.45, 7) is 0.278. The maximum absolute atomic E-state index is 12.7. The molecule has 0 fully saturated rings. The number of ether oxygens (including phenoxy) is 1. The third-order valence-corrected chi connectivity index (χ3v) is 5.89. The number of carboxylic acid groups (broad SMARTS) is 1. The zero-order chi connectivity index (χ0) is 22.9. The SMILES string of the molecule is O=C(COc1ccc2nc3n(c(=O)c2c1)CCC3)NC(Cc1c[nH]c2ccccc12)C(=O)O. The Bertz CT molecular complexity index is 1440. The molecule has 9 nitrogen and oxygen atoms in total. The van der Waals surface area contributed by atoms with Crippen LogP contribution >= 0.6 is 0 Å². The Hall–Kier alpha value is -4.14. The number of aliphatic carboxylic acids is 1. The molecule has 0 spiro atoms. The van der Waals surface area contributed by atoms with Crippen molar-refractivity contribution in [2.45, 2.75) is 31.8 Å². The number of aryl methyl sites for hydroxylation is 1. The summed E-state index contributed by atoms with van der Waals surface area (Å²) >= 11 is 0. The van der Waals surface area contributed by atoms with Crippen molar-refractivity contribution in [3.63, 3.8) is 0 Å². The zero-order valence-corrected chi connectivity index (χ0v) is 17.7. The van der Waals surface area contributed by atoms with Crippen LogP contribution in [0.15, 0.2) is 53.5 Å². The van der Waals surface area contributed by atoms with Gasteiger partial charge in [-0.2, -0.15) is 0 Å². The Morgan fingerprint density at radius 1 is 1.21 bits per heavy atom. The smallest absolute Gasteiger partial charge is 0.326 e. The van der Waals surface area contributed by atoms with Gasteiger partial charge in [0, 0.05) is 36.5 Å². The molecule has 0 radical (unpaired) electrons. The molecule has 2 aromatic heterocycles. The number of carbonyl (C=O) groups is 2. The number of nitrogens with one attached hydrogen (secondary N) is 2. The van der Waals surface area contributed by atoms with Gasteiger partial charge in [-0.05, 0) is 36.2 Å². The largest absolute Gasteiger partial charge is 0.484 e. The fraction of sp³-hybridized carbons (Fsp3) is 0.250. The number of para-hydroxylation sites is 1. The minimum Gasteiger partial charge on any atom is -0.484 e. The van der Waals surface area contributed by atoms with Gasteiger partial charge in [0.05, 0.1) is 10.9 Å². The van der Waals surface area contributed by atoms with Crippen LogP contribution in [0.2, 0.25) is 0 Å². The molecule has 3 N–H and O–H groups in total. The van der Waals surface area contributed by atoms with Crippen molar-refractivity contribution in [3.8, 4) is 5.75 Å². The van der Waals surface area contributed by atoms with Crippen LogP contribution in [-0.4, -0.2) is 44.2 Å². The Labute approximate surface area is 188 Å². The van der Waals surface area contributed by atoms with Gasteiger partial charge in [0.2, 0.25) is 0 Å². The Morgan fingerprint density at radius 3 is 2.91 bits per heavy atom. The Morgan fingerprint density at radius 2 is 2.06 bits per heavy atom. The van der Waals surface area contributed by atoms with E-state index in [1.807, 2.05) is 24.3 Å². The molecule has 0 bridgehead atoms. The summed E-state index contributed by atoms with van der Waals surface area (Å²) in [6.07, 6.45) is 3.56. The van der Waals surface area contributed by atoms with Crippen LogP contribution in [-0.2, 0) is 29.0 Å². The van der Waals surface area contributed by atoms with Crippen molar-refractivity contribution in [3.05, 3.63) is 70.4 Å². The maximum atomic E-state index is 12.7. The third-order valence-electron chi connectivity index (χ3n) is 5.89. The highest BCUT2D eigenvalue weighted by atomic mass is 16.5. The second-order valence-electron chi connectivity index (χ2n) is 8.08. The first-order valence-electron chi connectivity index (χ1n) is 10.7. The van der Waals surface area contributed by atoms with Gasteiger partial charge in [0.25, 0.3) is 11.5 Å². The monoisotopic (exact) mass is 446 g/mol. The second-order valence-corrected chi connectivity index (χ2v) is 8.08. The first-order valence-corrected chi connectivity index (χ1v) is 10.7. The van der Waals surface area contributed by atoms with Crippen molar-refractivity contribution < 1.29 is 19.4 Å². The fourth-order valence-electron chi connectivity index (χ4n) is 4.26. The molecule has 0 saturated carbocycles. The van der Waals surface area contributed by atoms with Gasteiger partial charge < -0.3 is 20.1 Å². The van der Waals surface area contributed by atoms with Crippen LogP contribution in [0.25, 0.3) is 21.8 Å². The predicted molar refractivity (Wildman–Crippen MR) is 121 cm³/mol. The lowest BCUT2D eigenvalue weighted by atomic mass is 10.1. The molecule has 1 aliphatic rings. The zero-order valence-electron chi connectivity index (χ0n) is 17.7. The third kappa shape index (κ3) is 4.05. The van der Waals surface area contributed by atoms with E-state index in [4.69, 9.17) is 4.74 Å². The average Bonchev–Trinajstić information content (AvgIpc) is 3.45. The second kappa shape index (κ2) is 8.42. The molecular weight excluding hydrogens is 424 g/mol. The molecule has 2 aromatic carbocycles. The highest BCUT2D eigenvalue weighted by Crippen LogP contribution is 2.21. The number of benzene rings is 2. The molecule has 1 unspecified atom stereocenters. The number of hydrogen-bond donors (Lipinski definition) is 3. The van der Waals surface area contributed by atoms with Gasteiger partial charge in [-0.15, -0.1) is 0 Å². The van der Waals surface area contributed by atoms with E-state index in [1.54, 1.807) is 29.0 Å². The number of carboxylic acids is 1. The summed E-state index contributed by atoms with van der Waals surface area (Å²) in [6, 6.07) is 11.4. The quantitative estimate of drug-likeness (QED) is 0.399. The molecule has 33 heavy (non-hydrogen) atoms. The summed E-state index contributed by atoms with van der Waals surface area (Å²) < 4.78 is 7.22. The van der Waals surface area contributed by atoms with E-state index in [1.165, 1.54) is 0 Å². The predicted octanol–water partition coefficient (Wildman–Crippen LogP) is 2.01. The van der Waals surface area contributed by atoms with Crippen LogP contribution < -0.4 is 15.6 Å². The fourth-order valence-corrected chi connectivity index (χ4v) is 4.26. The normalized spacial score (nSPS) is 13.7. The number of carbonyl (C=O) groups excluding carboxylic acids is 1. The molecular formula is C24H22N4O5. The van der Waals surface area contributed by atoms with Crippen molar-refractivity contribution >= 4 is 33.7 Å². The number of aromatic nitrogens is 3. The lowest BCUT2D eigenvalue weighted by Gasteiger charge is -2.15. The molecule has 9 heteroatoms. The first kappa shape index (κ1) is 20.7. The summed E-state index contributed by atoms with van der Waals surface area (Å²) in [5, 5.41) is 13.5. The number of rotatable bonds is 7. The van der Waals surface area contributed by atoms with Crippen LogP contribution in [0.4, 0.5) is 0 Å². The molecule has 1 amide bonds. The standard InChI is InChI=1S/C24H22N4O5/c29-22(27-20(24(31)32)10-14-12-25-18-5-2-1-4-16(14)18)13-33-15-7-8-19-17(11-15)23(30)28-9-3-6-21(28)26-19/h1-2,4-5,7-8,11-12,20,25H,3,6,9-10,13H2,(H,27,29)(H,31,32). The van der Waals surface area contributed by atoms with Crippen molar-refractivity contribution in [1.82, 2.24) is 19.9 Å². The Balaban J connectivity index is 1.26. The number of fused-ring (bicyclic) bond motifs is 3. The summed E-state index contributed by atoms with van der Waals surface area (Å²) in [5.74, 6) is -0.563. The topological polar surface area (TPSA) is 126 Å². The highest BCUT2D eigenvalue weighted by Gasteiger charge is 2.22. The first-order chi connectivity index (χ1) is 16.0. The number of amides is 1. The van der Waals surface area contributed by atoms with E-state index in [0.29, 0.717) is 23.2 Å². The maximum Gasteiger partial charge on any atom is 0.326 e. The lowest BCUT2D eigenvalue weighted by Crippen LogP contribution is -2.44. The van der Waals surface area contributed by atoms with Gasteiger partial charge in [-0.25, -0.2) is 9.78 Å². The van der Waals surface area contributed by atoms with Gasteiger partial charge in [-0.1, -0.05) is 18.2 Å². The lowest BCUT2D eigenvalue weighted by molar-refractivity contribution is -0.142. The number of H-pyrrole nitrogens is 1. The number of hydrogen-bond acceptors (Lipinski definition) is 5. The molecule has 1 atom stereocenters. The van der Waals surface area contributed by atoms with Crippen LogP contribution in [0.1, 0.15) is 17.8 Å². The molecule has 4 aromatic rings. The van der Waals surface area contributed by atoms with E-state index in [-0.39, 0.29) is 18.6 Å². The van der Waals surface area contributed by atoms with Crippen LogP contribution in [0, 0.1) is 0 Å². The van der Waals surface area contributed by atoms with E-state index in [2.05, 4.69) is 15.3 Å². The van der Waals surface area contributed by atoms with E-state index in [0.717, 1.165) is 35.1 Å². The number of aromatic amines is 1. The van der Waals surface area contributed by atoms with Crippen LogP contribution in [0.5, 0.6) is 5.75 Å².